The molecule has 0 radical (unpaired) electrons. The monoisotopic (exact) mass is 330 g/mol. The Morgan fingerprint density at radius 1 is 1.42 bits per heavy atom. The minimum Gasteiger partial charge on any atom is -0.494 e. The lowest BCUT2D eigenvalue weighted by Crippen LogP contribution is -2.15. The fourth-order valence-electron chi connectivity index (χ4n) is 2.54. The molecule has 128 valence electrons. The van der Waals surface area contributed by atoms with Crippen LogP contribution in [0.1, 0.15) is 37.4 Å². The van der Waals surface area contributed by atoms with Gasteiger partial charge in [-0.1, -0.05) is 0 Å². The number of hydrogen-bond donors (Lipinski definition) is 2. The third kappa shape index (κ3) is 3.70. The lowest BCUT2D eigenvalue weighted by molar-refractivity contribution is -0.116. The highest BCUT2D eigenvalue weighted by atomic mass is 16.5. The quantitative estimate of drug-likeness (QED) is 0.712. The Kier molecular flexibility index (Phi) is 5.05. The third-order valence-corrected chi connectivity index (χ3v) is 3.96. The van der Waals surface area contributed by atoms with Crippen molar-refractivity contribution in [1.29, 1.82) is 0 Å². The topological polar surface area (TPSA) is 94.0 Å². The second-order valence-corrected chi connectivity index (χ2v) is 5.87. The average Bonchev–Trinajstić information content (AvgIpc) is 3.32. The summed E-state index contributed by atoms with van der Waals surface area (Å²) in [5, 5.41) is 17.9. The fourth-order valence-corrected chi connectivity index (χ4v) is 2.54. The van der Waals surface area contributed by atoms with Crippen molar-refractivity contribution in [3.8, 4) is 11.4 Å². The van der Waals surface area contributed by atoms with Gasteiger partial charge >= 0.3 is 0 Å². The van der Waals surface area contributed by atoms with Gasteiger partial charge in [0.2, 0.25) is 5.91 Å². The molecule has 1 aliphatic carbocycles. The Labute approximate surface area is 140 Å². The summed E-state index contributed by atoms with van der Waals surface area (Å²) in [5.74, 6) is 1.90. The summed E-state index contributed by atoms with van der Waals surface area (Å²) in [5.41, 5.74) is 1.44. The summed E-state index contributed by atoms with van der Waals surface area (Å²) in [4.78, 5) is 12.0. The molecule has 1 aliphatic rings. The van der Waals surface area contributed by atoms with Crippen LogP contribution in [0.4, 0.5) is 5.69 Å². The fraction of sp³-hybridized carbons (Fsp3) is 0.500. The van der Waals surface area contributed by atoms with Crippen molar-refractivity contribution >= 4 is 11.6 Å². The third-order valence-electron chi connectivity index (χ3n) is 3.96. The number of ether oxygens (including phenoxy) is 1. The van der Waals surface area contributed by atoms with Crippen LogP contribution >= 0.6 is 0 Å². The van der Waals surface area contributed by atoms with E-state index in [9.17, 15) is 4.79 Å². The Hall–Kier alpha value is -2.48. The number of nitrogens with zero attached hydrogens (tertiary/aromatic N) is 4. The lowest BCUT2D eigenvalue weighted by atomic mass is 10.2. The molecule has 0 spiro atoms. The number of nitrogens with one attached hydrogen (secondary N) is 2. The van der Waals surface area contributed by atoms with Crippen LogP contribution in [0.3, 0.4) is 0 Å². The number of rotatable bonds is 8. The van der Waals surface area contributed by atoms with Crippen molar-refractivity contribution in [2.24, 2.45) is 0 Å². The van der Waals surface area contributed by atoms with E-state index in [1.807, 2.05) is 25.2 Å². The van der Waals surface area contributed by atoms with Crippen LogP contribution in [0.2, 0.25) is 0 Å². The highest BCUT2D eigenvalue weighted by molar-refractivity contribution is 5.91. The van der Waals surface area contributed by atoms with Crippen LogP contribution < -0.4 is 15.4 Å². The van der Waals surface area contributed by atoms with Crippen LogP contribution in [0.5, 0.6) is 5.75 Å². The largest absolute Gasteiger partial charge is 0.494 e. The molecule has 1 aromatic carbocycles. The van der Waals surface area contributed by atoms with Gasteiger partial charge in [-0.3, -0.25) is 4.79 Å². The van der Waals surface area contributed by atoms with Crippen LogP contribution in [0.25, 0.3) is 5.69 Å². The molecule has 2 N–H and O–H groups in total. The van der Waals surface area contributed by atoms with Gasteiger partial charge in [0, 0.05) is 18.0 Å². The predicted octanol–water partition coefficient (Wildman–Crippen LogP) is 1.49. The molecule has 1 amide bonds. The number of anilines is 1. The molecule has 1 fully saturated rings. The average molecular weight is 330 g/mol. The second kappa shape index (κ2) is 7.39. The minimum atomic E-state index is -0.0134. The van der Waals surface area contributed by atoms with E-state index >= 15 is 0 Å². The standard InChI is InChI=1S/C16H22N6O2/c1-17-9-3-4-15(23)18-12-7-8-14(24-2)13(10-12)22-16(11-5-6-11)19-20-21-22/h7-8,10-11,17H,3-6,9H2,1-2H3,(H,18,23). The van der Waals surface area contributed by atoms with Crippen LogP contribution in [0.15, 0.2) is 18.2 Å². The summed E-state index contributed by atoms with van der Waals surface area (Å²) < 4.78 is 7.13. The molecule has 1 aromatic heterocycles. The predicted molar refractivity (Wildman–Crippen MR) is 89.5 cm³/mol. The normalized spacial score (nSPS) is 13.8. The summed E-state index contributed by atoms with van der Waals surface area (Å²) in [6.45, 7) is 0.816. The number of hydrogen-bond acceptors (Lipinski definition) is 6. The summed E-state index contributed by atoms with van der Waals surface area (Å²) in [6.07, 6.45) is 3.47. The zero-order chi connectivity index (χ0) is 16.9. The molecule has 0 aliphatic heterocycles. The first kappa shape index (κ1) is 16.4. The molecule has 1 saturated carbocycles. The molecule has 24 heavy (non-hydrogen) atoms. The highest BCUT2D eigenvalue weighted by Crippen LogP contribution is 2.40. The molecular formula is C16H22N6O2. The van der Waals surface area contributed by atoms with Crippen molar-refractivity contribution in [2.45, 2.75) is 31.6 Å². The Bertz CT molecular complexity index is 710. The van der Waals surface area contributed by atoms with Crippen molar-refractivity contribution in [3.63, 3.8) is 0 Å². The molecule has 8 nitrogen and oxygen atoms in total. The number of carbonyl (C=O) groups is 1. The first-order chi connectivity index (χ1) is 11.7. The zero-order valence-corrected chi connectivity index (χ0v) is 14.0. The van der Waals surface area contributed by atoms with Crippen LogP contribution in [-0.4, -0.2) is 46.8 Å². The van der Waals surface area contributed by atoms with Gasteiger partial charge in [-0.15, -0.1) is 5.10 Å². The molecule has 0 saturated heterocycles. The number of aromatic nitrogens is 4. The van der Waals surface area contributed by atoms with Crippen LogP contribution in [-0.2, 0) is 4.79 Å². The SMILES string of the molecule is CNCCCC(=O)Nc1ccc(OC)c(-n2nnnc2C2CC2)c1. The van der Waals surface area contributed by atoms with Crippen molar-refractivity contribution in [1.82, 2.24) is 25.5 Å². The molecule has 0 atom stereocenters. The number of benzene rings is 1. The molecule has 0 bridgehead atoms. The van der Waals surface area contributed by atoms with Crippen molar-refractivity contribution in [2.75, 3.05) is 26.0 Å². The Morgan fingerprint density at radius 3 is 2.96 bits per heavy atom. The van der Waals surface area contributed by atoms with E-state index in [0.717, 1.165) is 37.3 Å². The summed E-state index contributed by atoms with van der Waals surface area (Å²) >= 11 is 0. The molecular weight excluding hydrogens is 308 g/mol. The van der Waals surface area contributed by atoms with Crippen LogP contribution in [0, 0.1) is 0 Å². The van der Waals surface area contributed by atoms with E-state index in [-0.39, 0.29) is 5.91 Å². The highest BCUT2D eigenvalue weighted by Gasteiger charge is 2.30. The number of tetrazole rings is 1. The minimum absolute atomic E-state index is 0.0134. The number of carbonyl (C=O) groups excluding carboxylic acids is 1. The van der Waals surface area contributed by atoms with E-state index in [1.54, 1.807) is 11.8 Å². The maximum Gasteiger partial charge on any atom is 0.224 e. The van der Waals surface area contributed by atoms with Crippen molar-refractivity contribution < 1.29 is 9.53 Å². The number of methoxy groups -OCH3 is 1. The van der Waals surface area contributed by atoms with Gasteiger partial charge in [0.15, 0.2) is 5.82 Å². The van der Waals surface area contributed by atoms with Gasteiger partial charge < -0.3 is 15.4 Å². The lowest BCUT2D eigenvalue weighted by Gasteiger charge is -2.12. The van der Waals surface area contributed by atoms with E-state index in [2.05, 4.69) is 26.2 Å². The van der Waals surface area contributed by atoms with Gasteiger partial charge in [0.1, 0.15) is 11.4 Å². The summed E-state index contributed by atoms with van der Waals surface area (Å²) in [6, 6.07) is 5.48. The second-order valence-electron chi connectivity index (χ2n) is 5.87. The van der Waals surface area contributed by atoms with E-state index in [1.165, 1.54) is 0 Å². The molecule has 3 rings (SSSR count). The smallest absolute Gasteiger partial charge is 0.224 e. The molecule has 2 aromatic rings. The Balaban J connectivity index is 1.80. The van der Waals surface area contributed by atoms with Gasteiger partial charge in [-0.05, 0) is 61.5 Å². The maximum absolute atomic E-state index is 12.0. The maximum atomic E-state index is 12.0. The van der Waals surface area contributed by atoms with Gasteiger partial charge in [0.25, 0.3) is 0 Å². The van der Waals surface area contributed by atoms with E-state index < -0.39 is 0 Å². The number of amides is 1. The van der Waals surface area contributed by atoms with Crippen molar-refractivity contribution in [3.05, 3.63) is 24.0 Å². The zero-order valence-electron chi connectivity index (χ0n) is 14.0. The first-order valence-corrected chi connectivity index (χ1v) is 8.14. The molecule has 0 unspecified atom stereocenters. The van der Waals surface area contributed by atoms with Gasteiger partial charge in [-0.25, -0.2) is 0 Å². The van der Waals surface area contributed by atoms with E-state index in [0.29, 0.717) is 23.8 Å². The summed E-state index contributed by atoms with van der Waals surface area (Å²) in [7, 11) is 3.48. The van der Waals surface area contributed by atoms with E-state index in [4.69, 9.17) is 4.74 Å². The molecule has 8 heteroatoms. The Morgan fingerprint density at radius 2 is 2.25 bits per heavy atom. The molecule has 1 heterocycles. The van der Waals surface area contributed by atoms with Gasteiger partial charge in [-0.2, -0.15) is 4.68 Å². The first-order valence-electron chi connectivity index (χ1n) is 8.14. The van der Waals surface area contributed by atoms with Gasteiger partial charge in [0.05, 0.1) is 7.11 Å².